The molecular weight excluding hydrogens is 306 g/mol. The fourth-order valence-corrected chi connectivity index (χ4v) is 3.71. The molecule has 130 valence electrons. The normalized spacial score (nSPS) is 19.4. The summed E-state index contributed by atoms with van der Waals surface area (Å²) in [6.07, 6.45) is 3.49. The summed E-state index contributed by atoms with van der Waals surface area (Å²) >= 11 is 0. The smallest absolute Gasteiger partial charge is 0.160 e. The van der Waals surface area contributed by atoms with Crippen molar-refractivity contribution < 1.29 is 4.79 Å². The molecule has 0 heterocycles. The van der Waals surface area contributed by atoms with E-state index >= 15 is 0 Å². The fourth-order valence-electron chi connectivity index (χ4n) is 3.71. The van der Waals surface area contributed by atoms with Gasteiger partial charge in [-0.05, 0) is 34.4 Å². The zero-order valence-corrected chi connectivity index (χ0v) is 15.6. The summed E-state index contributed by atoms with van der Waals surface area (Å²) in [7, 11) is 3.95. The van der Waals surface area contributed by atoms with Crippen molar-refractivity contribution >= 4 is 5.78 Å². The van der Waals surface area contributed by atoms with E-state index in [-0.39, 0.29) is 5.41 Å². The van der Waals surface area contributed by atoms with Crippen molar-refractivity contribution in [2.75, 3.05) is 14.1 Å². The molecule has 0 amide bonds. The minimum absolute atomic E-state index is 0.0211. The highest BCUT2D eigenvalue weighted by Gasteiger charge is 2.39. The average Bonchev–Trinajstić information content (AvgIpc) is 2.97. The first-order valence-electron chi connectivity index (χ1n) is 8.94. The Kier molecular flexibility index (Phi) is 4.80. The molecule has 1 aliphatic carbocycles. The molecule has 0 bridgehead atoms. The van der Waals surface area contributed by atoms with E-state index < -0.39 is 0 Å². The van der Waals surface area contributed by atoms with Crippen LogP contribution in [0, 0.1) is 5.92 Å². The Bertz CT molecular complexity index is 769. The van der Waals surface area contributed by atoms with E-state index in [1.54, 1.807) is 0 Å². The Balaban J connectivity index is 1.82. The largest absolute Gasteiger partial charge is 0.383 e. The number of benzene rings is 2. The van der Waals surface area contributed by atoms with E-state index in [0.717, 1.165) is 12.0 Å². The average molecular weight is 333 g/mol. The second-order valence-electron chi connectivity index (χ2n) is 7.81. The second-order valence-corrected chi connectivity index (χ2v) is 7.81. The van der Waals surface area contributed by atoms with Gasteiger partial charge in [0.25, 0.3) is 0 Å². The molecule has 0 radical (unpaired) electrons. The van der Waals surface area contributed by atoms with Gasteiger partial charge in [-0.3, -0.25) is 4.79 Å². The summed E-state index contributed by atoms with van der Waals surface area (Å²) in [5.74, 6) is 0.654. The molecule has 0 aliphatic heterocycles. The Labute approximate surface area is 151 Å². The molecule has 3 rings (SSSR count). The Morgan fingerprint density at radius 2 is 1.52 bits per heavy atom. The van der Waals surface area contributed by atoms with E-state index in [4.69, 9.17) is 0 Å². The number of ketones is 1. The zero-order valence-electron chi connectivity index (χ0n) is 15.6. The van der Waals surface area contributed by atoms with Crippen LogP contribution >= 0.6 is 0 Å². The van der Waals surface area contributed by atoms with Gasteiger partial charge in [0.1, 0.15) is 0 Å². The maximum atomic E-state index is 12.3. The number of rotatable bonds is 4. The molecule has 25 heavy (non-hydrogen) atoms. The van der Waals surface area contributed by atoms with Crippen LogP contribution in [0.2, 0.25) is 0 Å². The molecule has 0 unspecified atom stereocenters. The van der Waals surface area contributed by atoms with Gasteiger partial charge in [0.2, 0.25) is 0 Å². The van der Waals surface area contributed by atoms with Crippen LogP contribution < -0.4 is 0 Å². The third-order valence-corrected chi connectivity index (χ3v) is 5.43. The van der Waals surface area contributed by atoms with Gasteiger partial charge in [0.15, 0.2) is 5.78 Å². The Hall–Kier alpha value is -2.35. The van der Waals surface area contributed by atoms with E-state index in [1.807, 2.05) is 31.3 Å². The lowest BCUT2D eigenvalue weighted by atomic mass is 9.72. The number of nitrogens with zero attached hydrogens (tertiary/aromatic N) is 1. The number of Topliss-reactive ketones (excluding diaryl/α,β-unsaturated/α-hetero) is 1. The predicted molar refractivity (Wildman–Crippen MR) is 104 cm³/mol. The van der Waals surface area contributed by atoms with Crippen LogP contribution in [0.1, 0.15) is 32.3 Å². The molecule has 0 aromatic heterocycles. The van der Waals surface area contributed by atoms with Gasteiger partial charge in [0, 0.05) is 32.3 Å². The van der Waals surface area contributed by atoms with Crippen LogP contribution in [-0.2, 0) is 10.2 Å². The summed E-state index contributed by atoms with van der Waals surface area (Å²) in [6.45, 7) is 4.53. The van der Waals surface area contributed by atoms with Crippen LogP contribution in [-0.4, -0.2) is 24.8 Å². The van der Waals surface area contributed by atoms with Gasteiger partial charge >= 0.3 is 0 Å². The van der Waals surface area contributed by atoms with E-state index in [2.05, 4.69) is 62.4 Å². The van der Waals surface area contributed by atoms with Crippen molar-refractivity contribution in [3.8, 4) is 11.1 Å². The first-order valence-corrected chi connectivity index (χ1v) is 8.94. The van der Waals surface area contributed by atoms with Crippen molar-refractivity contribution in [3.63, 3.8) is 0 Å². The summed E-state index contributed by atoms with van der Waals surface area (Å²) < 4.78 is 0. The summed E-state index contributed by atoms with van der Waals surface area (Å²) in [4.78, 5) is 14.3. The molecule has 2 nitrogen and oxygen atoms in total. The Morgan fingerprint density at radius 3 is 2.12 bits per heavy atom. The second kappa shape index (κ2) is 6.87. The molecule has 1 saturated carbocycles. The van der Waals surface area contributed by atoms with Crippen molar-refractivity contribution in [2.24, 2.45) is 5.92 Å². The highest BCUT2D eigenvalue weighted by Crippen LogP contribution is 2.43. The molecule has 2 aromatic rings. The Morgan fingerprint density at radius 1 is 0.920 bits per heavy atom. The topological polar surface area (TPSA) is 20.3 Å². The molecule has 1 atom stereocenters. The number of hydrogen-bond donors (Lipinski definition) is 0. The van der Waals surface area contributed by atoms with Crippen LogP contribution in [0.5, 0.6) is 0 Å². The van der Waals surface area contributed by atoms with Crippen molar-refractivity contribution in [2.45, 2.75) is 32.1 Å². The predicted octanol–water partition coefficient (Wildman–Crippen LogP) is 5.06. The monoisotopic (exact) mass is 333 g/mol. The lowest BCUT2D eigenvalue weighted by Crippen LogP contribution is -2.27. The highest BCUT2D eigenvalue weighted by atomic mass is 16.1. The van der Waals surface area contributed by atoms with E-state index in [0.29, 0.717) is 18.1 Å². The molecule has 2 aromatic carbocycles. The van der Waals surface area contributed by atoms with Crippen molar-refractivity contribution in [3.05, 3.63) is 71.9 Å². The fraction of sp³-hybridized carbons (Fsp3) is 0.348. The minimum atomic E-state index is -0.0211. The summed E-state index contributed by atoms with van der Waals surface area (Å²) in [6, 6.07) is 19.3. The maximum absolute atomic E-state index is 12.3. The first kappa shape index (κ1) is 17.5. The lowest BCUT2D eigenvalue weighted by molar-refractivity contribution is -0.115. The zero-order chi connectivity index (χ0) is 18.0. The van der Waals surface area contributed by atoms with Gasteiger partial charge in [-0.1, -0.05) is 68.4 Å². The van der Waals surface area contributed by atoms with Gasteiger partial charge < -0.3 is 4.90 Å². The molecule has 0 saturated heterocycles. The number of carbonyl (C=O) groups is 1. The van der Waals surface area contributed by atoms with Gasteiger partial charge in [-0.2, -0.15) is 0 Å². The summed E-state index contributed by atoms with van der Waals surface area (Å²) in [5, 5.41) is 0. The molecule has 0 N–H and O–H groups in total. The first-order chi connectivity index (χ1) is 11.9. The molecule has 0 spiro atoms. The van der Waals surface area contributed by atoms with Gasteiger partial charge in [-0.15, -0.1) is 0 Å². The number of allylic oxidation sites excluding steroid dienone is 1. The minimum Gasteiger partial charge on any atom is -0.383 e. The van der Waals surface area contributed by atoms with Crippen LogP contribution in [0.15, 0.2) is 66.4 Å². The van der Waals surface area contributed by atoms with Crippen molar-refractivity contribution in [1.29, 1.82) is 0 Å². The SMILES string of the molecule is CN(C)/C=C1/C[C@@H](C(C)(C)c2ccc(-c3ccccc3)cc2)CC1=O. The van der Waals surface area contributed by atoms with Crippen LogP contribution in [0.25, 0.3) is 11.1 Å². The molecular formula is C23H27NO. The maximum Gasteiger partial charge on any atom is 0.160 e. The third kappa shape index (κ3) is 3.68. The molecule has 1 fully saturated rings. The van der Waals surface area contributed by atoms with Gasteiger partial charge in [0.05, 0.1) is 0 Å². The highest BCUT2D eigenvalue weighted by molar-refractivity contribution is 5.97. The third-order valence-electron chi connectivity index (χ3n) is 5.43. The van der Waals surface area contributed by atoms with E-state index in [1.165, 1.54) is 16.7 Å². The van der Waals surface area contributed by atoms with Crippen LogP contribution in [0.3, 0.4) is 0 Å². The molecule has 2 heteroatoms. The van der Waals surface area contributed by atoms with Crippen LogP contribution in [0.4, 0.5) is 0 Å². The standard InChI is InChI=1S/C23H27NO/c1-23(2,21-14-19(16-24(3)4)22(25)15-21)20-12-10-18(11-13-20)17-8-6-5-7-9-17/h5-13,16,21H,14-15H2,1-4H3/b19-16-/t21-/m1/s1. The summed E-state index contributed by atoms with van der Waals surface area (Å²) in [5.41, 5.74) is 4.71. The lowest BCUT2D eigenvalue weighted by Gasteiger charge is -2.32. The molecule has 1 aliphatic rings. The van der Waals surface area contributed by atoms with Crippen molar-refractivity contribution in [1.82, 2.24) is 4.90 Å². The number of hydrogen-bond acceptors (Lipinski definition) is 2. The van der Waals surface area contributed by atoms with Gasteiger partial charge in [-0.25, -0.2) is 0 Å². The van der Waals surface area contributed by atoms with E-state index in [9.17, 15) is 4.79 Å². The number of carbonyl (C=O) groups excluding carboxylic acids is 1. The quantitative estimate of drug-likeness (QED) is 0.729.